The van der Waals surface area contributed by atoms with E-state index in [2.05, 4.69) is 17.2 Å². The van der Waals surface area contributed by atoms with Crippen molar-refractivity contribution >= 4 is 17.0 Å². The molecule has 2 aromatic rings. The first-order valence-corrected chi connectivity index (χ1v) is 9.18. The average molecular weight is 315 g/mol. The summed E-state index contributed by atoms with van der Waals surface area (Å²) in [5, 5.41) is 3.40. The van der Waals surface area contributed by atoms with Gasteiger partial charge in [0.25, 0.3) is 0 Å². The lowest BCUT2D eigenvalue weighted by Gasteiger charge is -2.34. The van der Waals surface area contributed by atoms with E-state index in [-0.39, 0.29) is 0 Å². The molecule has 1 aromatic carbocycles. The lowest BCUT2D eigenvalue weighted by atomic mass is 10.00. The molecule has 0 radical (unpaired) electrons. The number of aromatic nitrogens is 1. The first-order chi connectivity index (χ1) is 10.8. The maximum Gasteiger partial charge on any atom is 0.0945 e. The van der Waals surface area contributed by atoms with Crippen molar-refractivity contribution in [3.8, 4) is 11.3 Å². The number of likely N-dealkylation sites (tertiary alicyclic amines) is 1. The van der Waals surface area contributed by atoms with Crippen molar-refractivity contribution in [1.29, 1.82) is 0 Å². The lowest BCUT2D eigenvalue weighted by molar-refractivity contribution is 0.146. The molecule has 0 aliphatic carbocycles. The zero-order chi connectivity index (χ0) is 15.4. The third kappa shape index (κ3) is 3.68. The van der Waals surface area contributed by atoms with Gasteiger partial charge in [0.15, 0.2) is 0 Å². The number of anilines is 1. The highest BCUT2D eigenvalue weighted by Gasteiger charge is 2.20. The Labute approximate surface area is 137 Å². The molecule has 1 aromatic heterocycles. The SMILES string of the molecule is CCC1CCCCN1CCc1nc(-c2ccc(N)cc2)cs1. The van der Waals surface area contributed by atoms with Crippen molar-refractivity contribution in [3.63, 3.8) is 0 Å². The molecule has 1 aliphatic rings. The molecule has 0 saturated carbocycles. The number of hydrogen-bond donors (Lipinski definition) is 1. The Morgan fingerprint density at radius 2 is 2.09 bits per heavy atom. The first kappa shape index (κ1) is 15.5. The van der Waals surface area contributed by atoms with Gasteiger partial charge in [0.2, 0.25) is 0 Å². The van der Waals surface area contributed by atoms with E-state index in [1.165, 1.54) is 37.2 Å². The summed E-state index contributed by atoms with van der Waals surface area (Å²) in [6, 6.07) is 8.75. The molecule has 2 heterocycles. The van der Waals surface area contributed by atoms with Crippen molar-refractivity contribution in [2.45, 2.75) is 45.1 Å². The second kappa shape index (κ2) is 7.25. The van der Waals surface area contributed by atoms with Crippen LogP contribution in [0.2, 0.25) is 0 Å². The minimum Gasteiger partial charge on any atom is -0.399 e. The Hall–Kier alpha value is -1.39. The van der Waals surface area contributed by atoms with Crippen molar-refractivity contribution in [3.05, 3.63) is 34.7 Å². The Bertz CT molecular complexity index is 591. The van der Waals surface area contributed by atoms with Gasteiger partial charge in [0, 0.05) is 35.6 Å². The van der Waals surface area contributed by atoms with E-state index in [1.54, 1.807) is 11.3 Å². The molecular weight excluding hydrogens is 290 g/mol. The fourth-order valence-corrected chi connectivity index (χ4v) is 4.06. The van der Waals surface area contributed by atoms with Crippen molar-refractivity contribution < 1.29 is 0 Å². The smallest absolute Gasteiger partial charge is 0.0945 e. The molecular formula is C18H25N3S. The van der Waals surface area contributed by atoms with Gasteiger partial charge in [-0.15, -0.1) is 11.3 Å². The maximum atomic E-state index is 5.74. The van der Waals surface area contributed by atoms with Crippen LogP contribution in [-0.2, 0) is 6.42 Å². The zero-order valence-corrected chi connectivity index (χ0v) is 14.1. The summed E-state index contributed by atoms with van der Waals surface area (Å²) < 4.78 is 0. The van der Waals surface area contributed by atoms with Gasteiger partial charge >= 0.3 is 0 Å². The molecule has 118 valence electrons. The Morgan fingerprint density at radius 3 is 2.86 bits per heavy atom. The lowest BCUT2D eigenvalue weighted by Crippen LogP contribution is -2.40. The third-order valence-electron chi connectivity index (χ3n) is 4.59. The maximum absolute atomic E-state index is 5.74. The summed E-state index contributed by atoms with van der Waals surface area (Å²) in [6.07, 6.45) is 6.45. The van der Waals surface area contributed by atoms with Gasteiger partial charge in [-0.3, -0.25) is 4.90 Å². The second-order valence-corrected chi connectivity index (χ2v) is 7.03. The van der Waals surface area contributed by atoms with E-state index < -0.39 is 0 Å². The topological polar surface area (TPSA) is 42.2 Å². The van der Waals surface area contributed by atoms with Crippen LogP contribution in [0.15, 0.2) is 29.6 Å². The van der Waals surface area contributed by atoms with Crippen LogP contribution >= 0.6 is 11.3 Å². The number of rotatable bonds is 5. The number of nitrogen functional groups attached to an aromatic ring is 1. The average Bonchev–Trinajstić information content (AvgIpc) is 3.03. The van der Waals surface area contributed by atoms with Gasteiger partial charge in [-0.25, -0.2) is 4.98 Å². The Morgan fingerprint density at radius 1 is 1.27 bits per heavy atom. The highest BCUT2D eigenvalue weighted by molar-refractivity contribution is 7.09. The summed E-state index contributed by atoms with van der Waals surface area (Å²) in [5.74, 6) is 0. The second-order valence-electron chi connectivity index (χ2n) is 6.09. The summed E-state index contributed by atoms with van der Waals surface area (Å²) in [7, 11) is 0. The van der Waals surface area contributed by atoms with Crippen molar-refractivity contribution in [2.75, 3.05) is 18.8 Å². The van der Waals surface area contributed by atoms with Crippen LogP contribution in [0.4, 0.5) is 5.69 Å². The van der Waals surface area contributed by atoms with Crippen molar-refractivity contribution in [2.24, 2.45) is 0 Å². The van der Waals surface area contributed by atoms with Gasteiger partial charge in [-0.2, -0.15) is 0 Å². The van der Waals surface area contributed by atoms with E-state index >= 15 is 0 Å². The molecule has 1 atom stereocenters. The number of nitrogens with two attached hydrogens (primary N) is 1. The molecule has 0 spiro atoms. The fourth-order valence-electron chi connectivity index (χ4n) is 3.27. The molecule has 3 rings (SSSR count). The molecule has 1 saturated heterocycles. The van der Waals surface area contributed by atoms with E-state index in [4.69, 9.17) is 10.7 Å². The van der Waals surface area contributed by atoms with Gasteiger partial charge in [-0.1, -0.05) is 25.5 Å². The van der Waals surface area contributed by atoms with Gasteiger partial charge in [-0.05, 0) is 37.9 Å². The molecule has 22 heavy (non-hydrogen) atoms. The van der Waals surface area contributed by atoms with E-state index in [0.29, 0.717) is 0 Å². The van der Waals surface area contributed by atoms with Gasteiger partial charge < -0.3 is 5.73 Å². The summed E-state index contributed by atoms with van der Waals surface area (Å²) in [6.45, 7) is 4.72. The fraction of sp³-hybridized carbons (Fsp3) is 0.500. The molecule has 4 heteroatoms. The van der Waals surface area contributed by atoms with Crippen LogP contribution < -0.4 is 5.73 Å². The predicted octanol–water partition coefficient (Wildman–Crippen LogP) is 4.20. The van der Waals surface area contributed by atoms with E-state index in [1.807, 2.05) is 24.3 Å². The van der Waals surface area contributed by atoms with E-state index in [9.17, 15) is 0 Å². The quantitative estimate of drug-likeness (QED) is 0.841. The minimum absolute atomic E-state index is 0.783. The molecule has 1 unspecified atom stereocenters. The number of piperidine rings is 1. The molecule has 0 amide bonds. The minimum atomic E-state index is 0.783. The normalized spacial score (nSPS) is 19.4. The largest absolute Gasteiger partial charge is 0.399 e. The molecule has 3 nitrogen and oxygen atoms in total. The molecule has 1 aliphatic heterocycles. The van der Waals surface area contributed by atoms with Crippen LogP contribution in [-0.4, -0.2) is 29.0 Å². The monoisotopic (exact) mass is 315 g/mol. The molecule has 0 bridgehead atoms. The number of hydrogen-bond acceptors (Lipinski definition) is 4. The number of benzene rings is 1. The standard InChI is InChI=1S/C18H25N3S/c1-2-16-5-3-4-11-21(16)12-10-18-20-17(13-22-18)14-6-8-15(19)9-7-14/h6-9,13,16H,2-5,10-12,19H2,1H3. The molecule has 1 fully saturated rings. The predicted molar refractivity (Wildman–Crippen MR) is 95.2 cm³/mol. The summed E-state index contributed by atoms with van der Waals surface area (Å²) in [5.41, 5.74) is 8.77. The zero-order valence-electron chi connectivity index (χ0n) is 13.3. The summed E-state index contributed by atoms with van der Waals surface area (Å²) >= 11 is 1.78. The van der Waals surface area contributed by atoms with Crippen LogP contribution in [0.5, 0.6) is 0 Å². The van der Waals surface area contributed by atoms with Gasteiger partial charge in [0.05, 0.1) is 10.7 Å². The highest BCUT2D eigenvalue weighted by Crippen LogP contribution is 2.24. The van der Waals surface area contributed by atoms with Crippen molar-refractivity contribution in [1.82, 2.24) is 9.88 Å². The summed E-state index contributed by atoms with van der Waals surface area (Å²) in [4.78, 5) is 7.46. The number of nitrogens with zero attached hydrogens (tertiary/aromatic N) is 2. The van der Waals surface area contributed by atoms with Crippen LogP contribution in [0.3, 0.4) is 0 Å². The Kier molecular flexibility index (Phi) is 5.11. The van der Waals surface area contributed by atoms with E-state index in [0.717, 1.165) is 36.0 Å². The van der Waals surface area contributed by atoms with Gasteiger partial charge in [0.1, 0.15) is 0 Å². The third-order valence-corrected chi connectivity index (χ3v) is 5.50. The number of thiazole rings is 1. The highest BCUT2D eigenvalue weighted by atomic mass is 32.1. The van der Waals surface area contributed by atoms with Crippen LogP contribution in [0.1, 0.15) is 37.6 Å². The first-order valence-electron chi connectivity index (χ1n) is 8.30. The Balaban J connectivity index is 1.60. The van der Waals surface area contributed by atoms with Crippen LogP contribution in [0.25, 0.3) is 11.3 Å². The molecule has 2 N–H and O–H groups in total. The van der Waals surface area contributed by atoms with Crippen LogP contribution in [0, 0.1) is 0 Å².